The van der Waals surface area contributed by atoms with E-state index in [9.17, 15) is 4.79 Å². The first-order valence-corrected chi connectivity index (χ1v) is 6.68. The maximum absolute atomic E-state index is 11.6. The van der Waals surface area contributed by atoms with Crippen molar-refractivity contribution in [3.63, 3.8) is 0 Å². The number of hydrogen-bond acceptors (Lipinski definition) is 3. The number of amides is 1. The summed E-state index contributed by atoms with van der Waals surface area (Å²) in [6.07, 6.45) is 0.957. The van der Waals surface area contributed by atoms with Crippen LogP contribution in [0.4, 0.5) is 0 Å². The Morgan fingerprint density at radius 2 is 1.94 bits per heavy atom. The van der Waals surface area contributed by atoms with Gasteiger partial charge >= 0.3 is 0 Å². The van der Waals surface area contributed by atoms with Gasteiger partial charge in [0.15, 0.2) is 0 Å². The van der Waals surface area contributed by atoms with Gasteiger partial charge in [0.2, 0.25) is 5.91 Å². The maximum atomic E-state index is 11.6. The summed E-state index contributed by atoms with van der Waals surface area (Å²) in [5, 5.41) is 3.15. The van der Waals surface area contributed by atoms with E-state index < -0.39 is 0 Å². The molecule has 1 amide bonds. The van der Waals surface area contributed by atoms with Crippen molar-refractivity contribution >= 4 is 5.91 Å². The molecule has 0 aliphatic heterocycles. The lowest BCUT2D eigenvalue weighted by molar-refractivity contribution is -0.129. The Morgan fingerprint density at radius 1 is 1.29 bits per heavy atom. The molecule has 4 heteroatoms. The predicted octanol–water partition coefficient (Wildman–Crippen LogP) is 1.51. The zero-order chi connectivity index (χ0) is 13.1. The summed E-state index contributed by atoms with van der Waals surface area (Å²) < 4.78 is 5.46. The molecule has 17 heavy (non-hydrogen) atoms. The van der Waals surface area contributed by atoms with E-state index in [-0.39, 0.29) is 5.91 Å². The molecule has 0 atom stereocenters. The number of rotatable bonds is 10. The Hall–Kier alpha value is -0.610. The lowest BCUT2D eigenvalue weighted by atomic mass is 10.2. The second-order valence-electron chi connectivity index (χ2n) is 4.57. The minimum absolute atomic E-state index is 0.179. The molecule has 0 rings (SSSR count). The minimum atomic E-state index is 0.179. The Bertz CT molecular complexity index is 192. The third-order valence-corrected chi connectivity index (χ3v) is 2.49. The first-order chi connectivity index (χ1) is 8.11. The lowest BCUT2D eigenvalue weighted by Crippen LogP contribution is -2.38. The van der Waals surface area contributed by atoms with Gasteiger partial charge in [0.25, 0.3) is 0 Å². The van der Waals surface area contributed by atoms with Crippen LogP contribution in [0.3, 0.4) is 0 Å². The van der Waals surface area contributed by atoms with Gasteiger partial charge in [-0.15, -0.1) is 0 Å². The lowest BCUT2D eigenvalue weighted by Gasteiger charge is -2.18. The molecular formula is C13H28N2O2. The van der Waals surface area contributed by atoms with E-state index >= 15 is 0 Å². The molecule has 0 aromatic rings. The van der Waals surface area contributed by atoms with E-state index in [0.29, 0.717) is 12.5 Å². The zero-order valence-electron chi connectivity index (χ0n) is 11.8. The Labute approximate surface area is 106 Å². The Kier molecular flexibility index (Phi) is 10.2. The van der Waals surface area contributed by atoms with Crippen LogP contribution in [0.5, 0.6) is 0 Å². The molecular weight excluding hydrogens is 216 g/mol. The summed E-state index contributed by atoms with van der Waals surface area (Å²) in [5.41, 5.74) is 0. The van der Waals surface area contributed by atoms with E-state index in [1.807, 2.05) is 18.7 Å². The smallest absolute Gasteiger partial charge is 0.236 e. The van der Waals surface area contributed by atoms with Crippen LogP contribution in [-0.2, 0) is 9.53 Å². The van der Waals surface area contributed by atoms with E-state index in [1.54, 1.807) is 0 Å². The van der Waals surface area contributed by atoms with Crippen molar-refractivity contribution in [2.24, 2.45) is 5.92 Å². The molecule has 0 unspecified atom stereocenters. The topological polar surface area (TPSA) is 41.6 Å². The summed E-state index contributed by atoms with van der Waals surface area (Å²) in [5.74, 6) is 0.769. The van der Waals surface area contributed by atoms with Gasteiger partial charge in [0, 0.05) is 26.3 Å². The van der Waals surface area contributed by atoms with E-state index in [2.05, 4.69) is 19.2 Å². The molecule has 102 valence electrons. The van der Waals surface area contributed by atoms with Crippen molar-refractivity contribution < 1.29 is 9.53 Å². The highest BCUT2D eigenvalue weighted by atomic mass is 16.5. The number of likely N-dealkylation sites (N-methyl/N-ethyl adjacent to an activating group) is 1. The average molecular weight is 244 g/mol. The van der Waals surface area contributed by atoms with Crippen LogP contribution in [0.25, 0.3) is 0 Å². The largest absolute Gasteiger partial charge is 0.381 e. The SMILES string of the molecule is CCN(CC)C(=O)CNCCCOCC(C)C. The first kappa shape index (κ1) is 16.4. The van der Waals surface area contributed by atoms with Crippen molar-refractivity contribution in [3.05, 3.63) is 0 Å². The fraction of sp³-hybridized carbons (Fsp3) is 0.923. The zero-order valence-corrected chi connectivity index (χ0v) is 11.8. The van der Waals surface area contributed by atoms with Crippen LogP contribution in [-0.4, -0.2) is 50.2 Å². The summed E-state index contributed by atoms with van der Waals surface area (Å²) in [6.45, 7) is 12.7. The third kappa shape index (κ3) is 9.12. The van der Waals surface area contributed by atoms with Crippen LogP contribution in [0.15, 0.2) is 0 Å². The fourth-order valence-corrected chi connectivity index (χ4v) is 1.50. The monoisotopic (exact) mass is 244 g/mol. The van der Waals surface area contributed by atoms with E-state index in [0.717, 1.165) is 39.3 Å². The van der Waals surface area contributed by atoms with Crippen LogP contribution in [0, 0.1) is 5.92 Å². The summed E-state index contributed by atoms with van der Waals surface area (Å²) in [4.78, 5) is 13.5. The maximum Gasteiger partial charge on any atom is 0.236 e. The second kappa shape index (κ2) is 10.5. The third-order valence-electron chi connectivity index (χ3n) is 2.49. The molecule has 0 aromatic carbocycles. The van der Waals surface area contributed by atoms with Gasteiger partial charge in [-0.3, -0.25) is 4.79 Å². The van der Waals surface area contributed by atoms with E-state index in [1.165, 1.54) is 0 Å². The van der Waals surface area contributed by atoms with Gasteiger partial charge in [-0.2, -0.15) is 0 Å². The van der Waals surface area contributed by atoms with Crippen LogP contribution in [0.2, 0.25) is 0 Å². The summed E-state index contributed by atoms with van der Waals surface area (Å²) in [6, 6.07) is 0. The molecule has 4 nitrogen and oxygen atoms in total. The molecule has 0 aliphatic rings. The molecule has 0 saturated carbocycles. The highest BCUT2D eigenvalue weighted by molar-refractivity contribution is 5.78. The minimum Gasteiger partial charge on any atom is -0.381 e. The van der Waals surface area contributed by atoms with Crippen molar-refractivity contribution in [1.29, 1.82) is 0 Å². The number of hydrogen-bond donors (Lipinski definition) is 1. The molecule has 0 fully saturated rings. The highest BCUT2D eigenvalue weighted by Crippen LogP contribution is 1.93. The van der Waals surface area contributed by atoms with Gasteiger partial charge < -0.3 is 15.0 Å². The molecule has 0 spiro atoms. The van der Waals surface area contributed by atoms with Gasteiger partial charge in [-0.25, -0.2) is 0 Å². The molecule has 0 aliphatic carbocycles. The molecule has 0 aromatic heterocycles. The van der Waals surface area contributed by atoms with Crippen LogP contribution < -0.4 is 5.32 Å². The van der Waals surface area contributed by atoms with Crippen molar-refractivity contribution in [2.75, 3.05) is 39.4 Å². The average Bonchev–Trinajstić information content (AvgIpc) is 2.29. The van der Waals surface area contributed by atoms with Gasteiger partial charge in [-0.05, 0) is 32.7 Å². The van der Waals surface area contributed by atoms with Crippen molar-refractivity contribution in [2.45, 2.75) is 34.1 Å². The normalized spacial score (nSPS) is 10.9. The Morgan fingerprint density at radius 3 is 2.47 bits per heavy atom. The summed E-state index contributed by atoms with van der Waals surface area (Å²) in [7, 11) is 0. The Balaban J connectivity index is 3.36. The van der Waals surface area contributed by atoms with Crippen molar-refractivity contribution in [3.8, 4) is 0 Å². The van der Waals surface area contributed by atoms with Gasteiger partial charge in [-0.1, -0.05) is 13.8 Å². The number of carbonyl (C=O) groups excluding carboxylic acids is 1. The van der Waals surface area contributed by atoms with Crippen LogP contribution >= 0.6 is 0 Å². The standard InChI is InChI=1S/C13H28N2O2/c1-5-15(6-2)13(16)10-14-8-7-9-17-11-12(3)4/h12,14H,5-11H2,1-4H3. The molecule has 0 saturated heterocycles. The van der Waals surface area contributed by atoms with Crippen LogP contribution in [0.1, 0.15) is 34.1 Å². The van der Waals surface area contributed by atoms with E-state index in [4.69, 9.17) is 4.74 Å². The van der Waals surface area contributed by atoms with Gasteiger partial charge in [0.05, 0.1) is 6.54 Å². The number of carbonyl (C=O) groups is 1. The molecule has 0 heterocycles. The predicted molar refractivity (Wildman–Crippen MR) is 71.1 cm³/mol. The highest BCUT2D eigenvalue weighted by Gasteiger charge is 2.07. The first-order valence-electron chi connectivity index (χ1n) is 6.68. The fourth-order valence-electron chi connectivity index (χ4n) is 1.50. The number of nitrogens with zero attached hydrogens (tertiary/aromatic N) is 1. The molecule has 0 bridgehead atoms. The number of ether oxygens (including phenoxy) is 1. The quantitative estimate of drug-likeness (QED) is 0.592. The molecule has 0 radical (unpaired) electrons. The van der Waals surface area contributed by atoms with Gasteiger partial charge in [0.1, 0.15) is 0 Å². The second-order valence-corrected chi connectivity index (χ2v) is 4.57. The molecule has 1 N–H and O–H groups in total. The van der Waals surface area contributed by atoms with Crippen molar-refractivity contribution in [1.82, 2.24) is 10.2 Å². The number of nitrogens with one attached hydrogen (secondary N) is 1. The summed E-state index contributed by atoms with van der Waals surface area (Å²) >= 11 is 0.